The van der Waals surface area contributed by atoms with Crippen LogP contribution in [0.15, 0.2) is 72.8 Å². The first-order valence-electron chi connectivity index (χ1n) is 9.14. The predicted octanol–water partition coefficient (Wildman–Crippen LogP) is 5.86. The van der Waals surface area contributed by atoms with Gasteiger partial charge in [-0.1, -0.05) is 48.0 Å². The summed E-state index contributed by atoms with van der Waals surface area (Å²) < 4.78 is 0. The zero-order chi connectivity index (χ0) is 20.8. The second-order valence-corrected chi connectivity index (χ2v) is 7.17. The van der Waals surface area contributed by atoms with E-state index in [2.05, 4.69) is 10.6 Å². The molecule has 0 atom stereocenters. The molecule has 0 aliphatic rings. The van der Waals surface area contributed by atoms with Gasteiger partial charge in [-0.05, 0) is 66.9 Å². The number of rotatable bonds is 5. The van der Waals surface area contributed by atoms with Crippen LogP contribution < -0.4 is 10.6 Å². The zero-order valence-electron chi connectivity index (χ0n) is 16.2. The lowest BCUT2D eigenvalue weighted by Crippen LogP contribution is -2.14. The molecule has 0 unspecified atom stereocenters. The molecule has 0 saturated heterocycles. The van der Waals surface area contributed by atoms with E-state index in [0.29, 0.717) is 16.3 Å². The van der Waals surface area contributed by atoms with Gasteiger partial charge < -0.3 is 10.6 Å². The molecular weight excluding hydrogens is 384 g/mol. The number of anilines is 2. The highest BCUT2D eigenvalue weighted by molar-refractivity contribution is 6.34. The number of hydrogen-bond acceptors (Lipinski definition) is 2. The van der Waals surface area contributed by atoms with E-state index in [0.717, 1.165) is 22.4 Å². The monoisotopic (exact) mass is 404 g/mol. The first kappa shape index (κ1) is 20.4. The van der Waals surface area contributed by atoms with Crippen LogP contribution in [-0.4, -0.2) is 11.8 Å². The summed E-state index contributed by atoms with van der Waals surface area (Å²) in [6.07, 6.45) is 3.13. The van der Waals surface area contributed by atoms with E-state index < -0.39 is 0 Å². The van der Waals surface area contributed by atoms with Gasteiger partial charge in [0.15, 0.2) is 0 Å². The van der Waals surface area contributed by atoms with Crippen LogP contribution in [0.3, 0.4) is 0 Å². The molecule has 0 aromatic heterocycles. The fourth-order valence-electron chi connectivity index (χ4n) is 2.92. The molecule has 3 aromatic rings. The van der Waals surface area contributed by atoms with Gasteiger partial charge in [0.25, 0.3) is 5.91 Å². The fourth-order valence-corrected chi connectivity index (χ4v) is 3.09. The summed E-state index contributed by atoms with van der Waals surface area (Å²) in [6, 6.07) is 20.1. The molecule has 2 N–H and O–H groups in total. The molecule has 146 valence electrons. The Hall–Kier alpha value is -3.37. The van der Waals surface area contributed by atoms with Crippen molar-refractivity contribution in [3.8, 4) is 0 Å². The third-order valence-corrected chi connectivity index (χ3v) is 4.52. The van der Waals surface area contributed by atoms with Crippen LogP contribution in [-0.2, 0) is 4.79 Å². The lowest BCUT2D eigenvalue weighted by Gasteiger charge is -2.10. The van der Waals surface area contributed by atoms with Gasteiger partial charge in [0.05, 0.1) is 10.7 Å². The Labute approximate surface area is 175 Å². The van der Waals surface area contributed by atoms with Crippen molar-refractivity contribution in [3.63, 3.8) is 0 Å². The molecule has 0 radical (unpaired) electrons. The van der Waals surface area contributed by atoms with Crippen molar-refractivity contribution in [2.75, 3.05) is 10.6 Å². The normalized spacial score (nSPS) is 10.7. The number of nitrogens with one attached hydrogen (secondary N) is 2. The van der Waals surface area contributed by atoms with Crippen molar-refractivity contribution in [3.05, 3.63) is 100 Å². The molecule has 5 heteroatoms. The topological polar surface area (TPSA) is 58.2 Å². The minimum absolute atomic E-state index is 0.276. The van der Waals surface area contributed by atoms with Crippen LogP contribution in [0.1, 0.15) is 27.0 Å². The van der Waals surface area contributed by atoms with Crippen molar-refractivity contribution in [2.24, 2.45) is 0 Å². The van der Waals surface area contributed by atoms with Crippen LogP contribution in [0, 0.1) is 13.8 Å². The maximum absolute atomic E-state index is 12.6. The average Bonchev–Trinajstić information content (AvgIpc) is 2.68. The molecule has 2 amide bonds. The van der Waals surface area contributed by atoms with Gasteiger partial charge >= 0.3 is 0 Å². The van der Waals surface area contributed by atoms with E-state index in [9.17, 15) is 9.59 Å². The molecule has 0 heterocycles. The third kappa shape index (κ3) is 5.80. The van der Waals surface area contributed by atoms with Gasteiger partial charge in [0.2, 0.25) is 5.91 Å². The van der Waals surface area contributed by atoms with Crippen LogP contribution in [0.4, 0.5) is 11.4 Å². The smallest absolute Gasteiger partial charge is 0.255 e. The van der Waals surface area contributed by atoms with Gasteiger partial charge in [0.1, 0.15) is 0 Å². The number of carbonyl (C=O) groups excluding carboxylic acids is 2. The maximum Gasteiger partial charge on any atom is 0.255 e. The molecule has 0 bridgehead atoms. The molecule has 3 rings (SSSR count). The summed E-state index contributed by atoms with van der Waals surface area (Å²) in [7, 11) is 0. The van der Waals surface area contributed by atoms with Crippen molar-refractivity contribution >= 4 is 40.9 Å². The first-order chi connectivity index (χ1) is 13.9. The molecule has 0 saturated carbocycles. The minimum atomic E-state index is -0.331. The fraction of sp³-hybridized carbons (Fsp3) is 0.0833. The van der Waals surface area contributed by atoms with Crippen LogP contribution >= 0.6 is 11.6 Å². The number of hydrogen-bond donors (Lipinski definition) is 2. The highest BCUT2D eigenvalue weighted by Gasteiger charge is 2.11. The van der Waals surface area contributed by atoms with E-state index in [1.54, 1.807) is 24.3 Å². The Bertz CT molecular complexity index is 1060. The van der Waals surface area contributed by atoms with Crippen LogP contribution in [0.25, 0.3) is 6.08 Å². The van der Waals surface area contributed by atoms with E-state index in [4.69, 9.17) is 11.6 Å². The number of carbonyl (C=O) groups is 2. The molecule has 0 spiro atoms. The quantitative estimate of drug-likeness (QED) is 0.523. The van der Waals surface area contributed by atoms with Gasteiger partial charge in [-0.25, -0.2) is 0 Å². The summed E-state index contributed by atoms with van der Waals surface area (Å²) in [5.74, 6) is -0.607. The Morgan fingerprint density at radius 3 is 2.24 bits per heavy atom. The molecule has 0 aliphatic heterocycles. The van der Waals surface area contributed by atoms with E-state index >= 15 is 0 Å². The maximum atomic E-state index is 12.6. The second-order valence-electron chi connectivity index (χ2n) is 6.76. The van der Waals surface area contributed by atoms with Crippen molar-refractivity contribution < 1.29 is 9.59 Å². The zero-order valence-corrected chi connectivity index (χ0v) is 17.0. The number of aryl methyl sites for hydroxylation is 2. The number of halogens is 1. The highest BCUT2D eigenvalue weighted by atomic mass is 35.5. The molecule has 0 aliphatic carbocycles. The van der Waals surface area contributed by atoms with Gasteiger partial charge in [0, 0.05) is 17.3 Å². The van der Waals surface area contributed by atoms with Crippen molar-refractivity contribution in [1.82, 2.24) is 0 Å². The summed E-state index contributed by atoms with van der Waals surface area (Å²) in [5, 5.41) is 5.95. The van der Waals surface area contributed by atoms with Gasteiger partial charge in [-0.2, -0.15) is 0 Å². The second kappa shape index (κ2) is 9.22. The van der Waals surface area contributed by atoms with Gasteiger partial charge in [-0.15, -0.1) is 0 Å². The summed E-state index contributed by atoms with van der Waals surface area (Å²) in [6.45, 7) is 3.95. The Kier molecular flexibility index (Phi) is 6.47. The highest BCUT2D eigenvalue weighted by Crippen LogP contribution is 2.24. The average molecular weight is 405 g/mol. The van der Waals surface area contributed by atoms with E-state index in [1.165, 1.54) is 6.08 Å². The Balaban J connectivity index is 1.72. The molecule has 4 nitrogen and oxygen atoms in total. The molecule has 0 fully saturated rings. The number of benzene rings is 3. The summed E-state index contributed by atoms with van der Waals surface area (Å²) in [4.78, 5) is 24.8. The first-order valence-corrected chi connectivity index (χ1v) is 9.52. The number of amides is 2. The van der Waals surface area contributed by atoms with Gasteiger partial charge in [-0.3, -0.25) is 9.59 Å². The molecular formula is C24H21ClN2O2. The lowest BCUT2D eigenvalue weighted by atomic mass is 10.1. The Morgan fingerprint density at radius 2 is 1.55 bits per heavy atom. The predicted molar refractivity (Wildman–Crippen MR) is 119 cm³/mol. The summed E-state index contributed by atoms with van der Waals surface area (Å²) >= 11 is 6.19. The standard InChI is InChI=1S/C24H21ClN2O2/c1-16-12-17(2)14-20(13-16)26-24(29)19-9-10-21(25)22(15-19)27-23(28)11-8-18-6-4-3-5-7-18/h3-15H,1-2H3,(H,26,29)(H,27,28)/b11-8-. The van der Waals surface area contributed by atoms with Crippen LogP contribution in [0.5, 0.6) is 0 Å². The molecule has 29 heavy (non-hydrogen) atoms. The molecule has 3 aromatic carbocycles. The van der Waals surface area contributed by atoms with Crippen molar-refractivity contribution in [1.29, 1.82) is 0 Å². The summed E-state index contributed by atoms with van der Waals surface area (Å²) in [5.41, 5.74) is 4.54. The van der Waals surface area contributed by atoms with E-state index in [-0.39, 0.29) is 11.8 Å². The SMILES string of the molecule is Cc1cc(C)cc(NC(=O)c2ccc(Cl)c(NC(=O)/C=C\c3ccccc3)c2)c1. The lowest BCUT2D eigenvalue weighted by molar-refractivity contribution is -0.111. The van der Waals surface area contributed by atoms with Crippen LogP contribution in [0.2, 0.25) is 5.02 Å². The third-order valence-electron chi connectivity index (χ3n) is 4.19. The minimum Gasteiger partial charge on any atom is -0.322 e. The van der Waals surface area contributed by atoms with Crippen molar-refractivity contribution in [2.45, 2.75) is 13.8 Å². The Morgan fingerprint density at radius 1 is 0.862 bits per heavy atom. The largest absolute Gasteiger partial charge is 0.322 e. The van der Waals surface area contributed by atoms with E-state index in [1.807, 2.05) is 62.4 Å².